The number of rotatable bonds is 6. The number of sulfonamides is 1. The van der Waals surface area contributed by atoms with Crippen LogP contribution >= 0.6 is 23.2 Å². The highest BCUT2D eigenvalue weighted by Gasteiger charge is 2.24. The second kappa shape index (κ2) is 8.91. The summed E-state index contributed by atoms with van der Waals surface area (Å²) in [6.07, 6.45) is 0.316. The normalized spacial score (nSPS) is 11.7. The van der Waals surface area contributed by atoms with Crippen molar-refractivity contribution >= 4 is 50.1 Å². The number of aromatic amines is 1. The van der Waals surface area contributed by atoms with Crippen molar-refractivity contribution in [3.05, 3.63) is 68.2 Å². The van der Waals surface area contributed by atoms with E-state index in [0.29, 0.717) is 23.8 Å². The Hall–Kier alpha value is -3.12. The van der Waals surface area contributed by atoms with Crippen molar-refractivity contribution in [3.63, 3.8) is 0 Å². The summed E-state index contributed by atoms with van der Waals surface area (Å²) in [5.74, 6) is 1.39. The summed E-state index contributed by atoms with van der Waals surface area (Å²) >= 11 is 12.8. The molecule has 10 nitrogen and oxygen atoms in total. The fourth-order valence-corrected chi connectivity index (χ4v) is 4.83. The molecule has 13 heteroatoms. The number of aromatic nitrogens is 4. The highest BCUT2D eigenvalue weighted by Crippen LogP contribution is 2.34. The summed E-state index contributed by atoms with van der Waals surface area (Å²) in [6.45, 7) is 0. The van der Waals surface area contributed by atoms with Crippen LogP contribution in [0.5, 0.6) is 5.75 Å². The van der Waals surface area contributed by atoms with Crippen molar-refractivity contribution in [2.24, 2.45) is 5.14 Å². The lowest BCUT2D eigenvalue weighted by Crippen LogP contribution is -2.16. The number of hydrogen-bond acceptors (Lipinski definition) is 7. The molecule has 0 spiro atoms. The van der Waals surface area contributed by atoms with E-state index >= 15 is 0 Å². The average Bonchev–Trinajstić information content (AvgIpc) is 3.13. The minimum Gasteiger partial charge on any atom is -0.497 e. The molecule has 2 aromatic carbocycles. The third-order valence-electron chi connectivity index (χ3n) is 5.03. The Kier molecular flexibility index (Phi) is 6.30. The van der Waals surface area contributed by atoms with E-state index in [0.717, 1.165) is 5.56 Å². The molecular formula is C21H20Cl2N6O4S. The van der Waals surface area contributed by atoms with E-state index in [-0.39, 0.29) is 31.7 Å². The van der Waals surface area contributed by atoms with Gasteiger partial charge in [-0.1, -0.05) is 35.3 Å². The van der Waals surface area contributed by atoms with Gasteiger partial charge in [-0.25, -0.2) is 23.2 Å². The van der Waals surface area contributed by atoms with Gasteiger partial charge in [-0.05, 0) is 29.8 Å². The van der Waals surface area contributed by atoms with Crippen LogP contribution in [-0.2, 0) is 16.4 Å². The van der Waals surface area contributed by atoms with E-state index in [1.807, 2.05) is 24.3 Å². The maximum absolute atomic E-state index is 13.1. The van der Waals surface area contributed by atoms with Crippen LogP contribution in [0.1, 0.15) is 11.4 Å². The maximum atomic E-state index is 13.1. The van der Waals surface area contributed by atoms with E-state index in [9.17, 15) is 13.2 Å². The van der Waals surface area contributed by atoms with Gasteiger partial charge in [0.25, 0.3) is 5.56 Å². The zero-order valence-electron chi connectivity index (χ0n) is 18.3. The second-order valence-electron chi connectivity index (χ2n) is 7.65. The molecule has 0 aliphatic carbocycles. The number of halogens is 2. The van der Waals surface area contributed by atoms with E-state index in [1.165, 1.54) is 16.8 Å². The molecule has 0 aliphatic rings. The highest BCUT2D eigenvalue weighted by molar-refractivity contribution is 7.89. The first-order valence-electron chi connectivity index (χ1n) is 9.84. The largest absolute Gasteiger partial charge is 0.497 e. The third kappa shape index (κ3) is 4.47. The van der Waals surface area contributed by atoms with Crippen LogP contribution in [0.2, 0.25) is 10.0 Å². The summed E-state index contributed by atoms with van der Waals surface area (Å²) in [6, 6.07) is 9.72. The number of ether oxygens (including phenoxy) is 1. The number of fused-ring (bicyclic) bond motifs is 1. The summed E-state index contributed by atoms with van der Waals surface area (Å²) < 4.78 is 30.1. The topological polar surface area (TPSA) is 136 Å². The number of nitrogens with zero attached hydrogens (tertiary/aromatic N) is 4. The summed E-state index contributed by atoms with van der Waals surface area (Å²) in [7, 11) is 0.982. The number of methoxy groups -OCH3 is 1. The summed E-state index contributed by atoms with van der Waals surface area (Å²) in [5.41, 5.74) is 0.845. The maximum Gasteiger partial charge on any atom is 0.264 e. The van der Waals surface area contributed by atoms with E-state index in [4.69, 9.17) is 33.1 Å². The number of anilines is 1. The molecular weight excluding hydrogens is 503 g/mol. The van der Waals surface area contributed by atoms with Gasteiger partial charge in [0.15, 0.2) is 11.5 Å². The molecule has 0 fully saturated rings. The zero-order chi connectivity index (χ0) is 24.8. The second-order valence-corrected chi connectivity index (χ2v) is 10.0. The molecule has 0 saturated heterocycles. The third-order valence-corrected chi connectivity index (χ3v) is 6.50. The Morgan fingerprint density at radius 1 is 1.18 bits per heavy atom. The van der Waals surface area contributed by atoms with Crippen molar-refractivity contribution in [2.45, 2.75) is 11.3 Å². The van der Waals surface area contributed by atoms with Crippen LogP contribution in [0.15, 0.2) is 46.1 Å². The molecule has 0 unspecified atom stereocenters. The molecule has 34 heavy (non-hydrogen) atoms. The Balaban J connectivity index is 1.95. The highest BCUT2D eigenvalue weighted by atomic mass is 35.5. The van der Waals surface area contributed by atoms with Crippen LogP contribution in [0.3, 0.4) is 0 Å². The molecule has 3 N–H and O–H groups in total. The SMILES string of the molecule is COc1cccc(Cc2nc3c(c(N(C)C)nn3-c3c(Cl)cc(S(N)(=O)=O)cc3Cl)c(=O)[nH]2)c1. The number of benzene rings is 2. The summed E-state index contributed by atoms with van der Waals surface area (Å²) in [4.78, 5) is 21.9. The lowest BCUT2D eigenvalue weighted by Gasteiger charge is -2.11. The van der Waals surface area contributed by atoms with Crippen molar-refractivity contribution in [1.29, 1.82) is 0 Å². The quantitative estimate of drug-likeness (QED) is 0.397. The molecule has 0 bridgehead atoms. The van der Waals surface area contributed by atoms with Gasteiger partial charge in [0, 0.05) is 20.5 Å². The molecule has 0 saturated carbocycles. The molecule has 2 heterocycles. The predicted octanol–water partition coefficient (Wildman–Crippen LogP) is 2.73. The Bertz CT molecular complexity index is 1560. The minimum atomic E-state index is -4.04. The van der Waals surface area contributed by atoms with Crippen molar-refractivity contribution in [2.75, 3.05) is 26.1 Å². The van der Waals surface area contributed by atoms with Gasteiger partial charge >= 0.3 is 0 Å². The summed E-state index contributed by atoms with van der Waals surface area (Å²) in [5, 5.41) is 9.88. The van der Waals surface area contributed by atoms with Crippen LogP contribution < -0.4 is 20.3 Å². The molecule has 4 aromatic rings. The monoisotopic (exact) mass is 522 g/mol. The van der Waals surface area contributed by atoms with Gasteiger partial charge in [0.2, 0.25) is 10.0 Å². The molecule has 178 valence electrons. The smallest absolute Gasteiger partial charge is 0.264 e. The van der Waals surface area contributed by atoms with E-state index < -0.39 is 15.6 Å². The molecule has 2 aromatic heterocycles. The van der Waals surface area contributed by atoms with Gasteiger partial charge in [0.05, 0.1) is 22.1 Å². The number of nitrogens with one attached hydrogen (secondary N) is 1. The Morgan fingerprint density at radius 3 is 2.44 bits per heavy atom. The van der Waals surface area contributed by atoms with Gasteiger partial charge in [-0.3, -0.25) is 4.79 Å². The van der Waals surface area contributed by atoms with Crippen LogP contribution in [0.4, 0.5) is 5.82 Å². The lowest BCUT2D eigenvalue weighted by atomic mass is 10.1. The van der Waals surface area contributed by atoms with Gasteiger partial charge in [-0.2, -0.15) is 0 Å². The van der Waals surface area contributed by atoms with Crippen molar-refractivity contribution < 1.29 is 13.2 Å². The zero-order valence-corrected chi connectivity index (χ0v) is 20.7. The predicted molar refractivity (Wildman–Crippen MR) is 131 cm³/mol. The Labute approximate surface area is 204 Å². The fraction of sp³-hybridized carbons (Fsp3) is 0.190. The Morgan fingerprint density at radius 2 is 1.85 bits per heavy atom. The van der Waals surface area contributed by atoms with E-state index in [2.05, 4.69) is 15.1 Å². The van der Waals surface area contributed by atoms with Crippen molar-refractivity contribution in [1.82, 2.24) is 19.7 Å². The van der Waals surface area contributed by atoms with Crippen molar-refractivity contribution in [3.8, 4) is 11.4 Å². The first kappa shape index (κ1) is 24.0. The van der Waals surface area contributed by atoms with E-state index in [1.54, 1.807) is 26.1 Å². The number of primary sulfonamides is 1. The lowest BCUT2D eigenvalue weighted by molar-refractivity contribution is 0.414. The molecule has 0 amide bonds. The fourth-order valence-electron chi connectivity index (χ4n) is 3.49. The number of nitrogens with two attached hydrogens (primary N) is 1. The average molecular weight is 523 g/mol. The molecule has 0 atom stereocenters. The molecule has 0 aliphatic heterocycles. The van der Waals surface area contributed by atoms with Gasteiger partial charge in [0.1, 0.15) is 22.6 Å². The first-order valence-corrected chi connectivity index (χ1v) is 12.1. The number of hydrogen-bond donors (Lipinski definition) is 2. The van der Waals surface area contributed by atoms with Crippen LogP contribution in [0, 0.1) is 0 Å². The first-order chi connectivity index (χ1) is 16.0. The van der Waals surface area contributed by atoms with Gasteiger partial charge in [-0.15, -0.1) is 5.10 Å². The van der Waals surface area contributed by atoms with Crippen LogP contribution in [0.25, 0.3) is 16.7 Å². The molecule has 0 radical (unpaired) electrons. The van der Waals surface area contributed by atoms with Gasteiger partial charge < -0.3 is 14.6 Å². The standard InChI is InChI=1S/C21H20Cl2N6O4S/c1-28(2)20-17-19(25-16(26-21(17)30)8-11-5-4-6-12(7-11)33-3)29(27-20)18-14(22)9-13(10-15(18)23)34(24,31)32/h4-7,9-10H,8H2,1-3H3,(H2,24,31,32)(H,25,26,30). The number of H-pyrrole nitrogens is 1. The minimum absolute atomic E-state index is 0.0253. The van der Waals surface area contributed by atoms with Crippen LogP contribution in [-0.4, -0.2) is 49.4 Å². The molecule has 4 rings (SSSR count).